The van der Waals surface area contributed by atoms with E-state index in [2.05, 4.69) is 41.9 Å². The molecule has 296 valence electrons. The highest BCUT2D eigenvalue weighted by atomic mass is 16.4. The van der Waals surface area contributed by atoms with Crippen LogP contribution in [0.4, 0.5) is 0 Å². The maximum absolute atomic E-state index is 13.5. The van der Waals surface area contributed by atoms with Gasteiger partial charge in [0, 0.05) is 31.2 Å². The number of carboxylic acids is 2. The van der Waals surface area contributed by atoms with Gasteiger partial charge in [-0.15, -0.1) is 0 Å². The van der Waals surface area contributed by atoms with Crippen molar-refractivity contribution in [1.29, 1.82) is 0 Å². The van der Waals surface area contributed by atoms with Crippen LogP contribution in [0.1, 0.15) is 45.2 Å². The molecule has 0 aliphatic carbocycles. The Labute approximate surface area is 301 Å². The molecule has 1 aromatic heterocycles. The summed E-state index contributed by atoms with van der Waals surface area (Å²) in [7, 11) is 0. The fraction of sp³-hybridized carbons (Fsp3) is 0.586. The summed E-state index contributed by atoms with van der Waals surface area (Å²) >= 11 is 0. The van der Waals surface area contributed by atoms with Gasteiger partial charge >= 0.3 is 11.9 Å². The summed E-state index contributed by atoms with van der Waals surface area (Å²) in [4.78, 5) is 118. The average molecular weight is 759 g/mol. The summed E-state index contributed by atoms with van der Waals surface area (Å²) in [6.45, 7) is 0.544. The number of imidazole rings is 1. The lowest BCUT2D eigenvalue weighted by molar-refractivity contribution is -0.142. The molecule has 53 heavy (non-hydrogen) atoms. The lowest BCUT2D eigenvalue weighted by atomic mass is 10.0. The Kier molecular flexibility index (Phi) is 19.0. The molecule has 1 rings (SSSR count). The monoisotopic (exact) mass is 758 g/mol. The molecule has 0 aliphatic rings. The van der Waals surface area contributed by atoms with Crippen LogP contribution >= 0.6 is 0 Å². The minimum Gasteiger partial charge on any atom is -0.481 e. The first kappa shape index (κ1) is 45.3. The van der Waals surface area contributed by atoms with Crippen molar-refractivity contribution in [3.05, 3.63) is 18.2 Å². The number of primary amides is 1. The first-order valence-electron chi connectivity index (χ1n) is 16.0. The first-order valence-corrected chi connectivity index (χ1v) is 16.0. The number of hydrogen-bond acceptors (Lipinski definition) is 14. The maximum atomic E-state index is 13.5. The molecule has 0 unspecified atom stereocenters. The number of carboxylic acid groups (broad SMARTS) is 2. The minimum absolute atomic E-state index is 0.286. The van der Waals surface area contributed by atoms with E-state index >= 15 is 0 Å². The van der Waals surface area contributed by atoms with E-state index in [1.165, 1.54) is 19.4 Å². The SMILES string of the molecule is C[C@@H](O)[C@H](N)C(=O)NCC(=O)N[C@@H](CO)C(=O)N[C@H](C(=O)N[C@@H](CCC(=O)O)C(=O)N[C@@H](Cc1cnc[nH]1)C(=O)N[C@@H](CCC(N)=O)C(=O)O)[C@@H](C)O. The van der Waals surface area contributed by atoms with Crippen LogP contribution in [0.5, 0.6) is 0 Å². The molecule has 24 heteroatoms. The second-order valence-electron chi connectivity index (χ2n) is 11.8. The molecule has 16 N–H and O–H groups in total. The van der Waals surface area contributed by atoms with Crippen LogP contribution in [0, 0.1) is 0 Å². The van der Waals surface area contributed by atoms with Crippen LogP contribution in [0.15, 0.2) is 12.5 Å². The molecule has 8 atom stereocenters. The van der Waals surface area contributed by atoms with Crippen LogP contribution in [0.3, 0.4) is 0 Å². The molecular formula is C29H46N10O14. The number of aliphatic hydroxyl groups excluding tert-OH is 3. The molecule has 7 amide bonds. The molecule has 1 heterocycles. The highest BCUT2D eigenvalue weighted by molar-refractivity contribution is 5.97. The van der Waals surface area contributed by atoms with Crippen molar-refractivity contribution in [2.24, 2.45) is 11.5 Å². The van der Waals surface area contributed by atoms with Gasteiger partial charge in [-0.3, -0.25) is 38.4 Å². The Morgan fingerprint density at radius 2 is 1.32 bits per heavy atom. The average Bonchev–Trinajstić information content (AvgIpc) is 3.60. The van der Waals surface area contributed by atoms with Crippen molar-refractivity contribution >= 4 is 53.3 Å². The molecule has 0 saturated heterocycles. The Bertz CT molecular complexity index is 1460. The van der Waals surface area contributed by atoms with E-state index < -0.39 is 134 Å². The van der Waals surface area contributed by atoms with E-state index in [1.807, 2.05) is 0 Å². The number of H-pyrrole nitrogens is 1. The van der Waals surface area contributed by atoms with Crippen LogP contribution in [0.2, 0.25) is 0 Å². The van der Waals surface area contributed by atoms with Gasteiger partial charge in [-0.25, -0.2) is 9.78 Å². The summed E-state index contributed by atoms with van der Waals surface area (Å²) in [5.41, 5.74) is 10.8. The Balaban J connectivity index is 3.16. The second-order valence-corrected chi connectivity index (χ2v) is 11.8. The van der Waals surface area contributed by atoms with Gasteiger partial charge in [0.05, 0.1) is 31.7 Å². The number of aliphatic carboxylic acids is 2. The number of carbonyl (C=O) groups is 9. The number of aromatic amines is 1. The smallest absolute Gasteiger partial charge is 0.326 e. The van der Waals surface area contributed by atoms with Crippen molar-refractivity contribution < 1.29 is 68.7 Å². The van der Waals surface area contributed by atoms with Crippen molar-refractivity contribution in [2.45, 2.75) is 94.4 Å². The molecule has 0 saturated carbocycles. The summed E-state index contributed by atoms with van der Waals surface area (Å²) in [6.07, 6.45) is -2.77. The first-order chi connectivity index (χ1) is 24.8. The third-order valence-electron chi connectivity index (χ3n) is 7.33. The van der Waals surface area contributed by atoms with Gasteiger partial charge in [0.1, 0.15) is 36.3 Å². The molecule has 0 fully saturated rings. The zero-order valence-electron chi connectivity index (χ0n) is 28.7. The van der Waals surface area contributed by atoms with E-state index in [0.717, 1.165) is 6.92 Å². The lowest BCUT2D eigenvalue weighted by Gasteiger charge is -2.27. The summed E-state index contributed by atoms with van der Waals surface area (Å²) < 4.78 is 0. The van der Waals surface area contributed by atoms with Crippen molar-refractivity contribution in [3.63, 3.8) is 0 Å². The number of carbonyl (C=O) groups excluding carboxylic acids is 7. The summed E-state index contributed by atoms with van der Waals surface area (Å²) in [5, 5.41) is 61.1. The van der Waals surface area contributed by atoms with Gasteiger partial charge in [0.15, 0.2) is 0 Å². The normalized spacial score (nSPS) is 15.4. The third kappa shape index (κ3) is 16.4. The molecular weight excluding hydrogens is 712 g/mol. The molecule has 24 nitrogen and oxygen atoms in total. The van der Waals surface area contributed by atoms with Gasteiger partial charge < -0.3 is 73.9 Å². The van der Waals surface area contributed by atoms with E-state index in [1.54, 1.807) is 0 Å². The predicted octanol–water partition coefficient (Wildman–Crippen LogP) is -7.21. The molecule has 0 spiro atoms. The second kappa shape index (κ2) is 22.3. The minimum atomic E-state index is -1.87. The van der Waals surface area contributed by atoms with Crippen molar-refractivity contribution in [2.75, 3.05) is 13.2 Å². The Morgan fingerprint density at radius 3 is 1.83 bits per heavy atom. The molecule has 1 aromatic rings. The largest absolute Gasteiger partial charge is 0.481 e. The van der Waals surface area contributed by atoms with E-state index in [0.29, 0.717) is 0 Å². The number of rotatable bonds is 24. The van der Waals surface area contributed by atoms with Crippen molar-refractivity contribution in [3.8, 4) is 0 Å². The number of aliphatic hydroxyl groups is 3. The number of nitrogens with zero attached hydrogens (tertiary/aromatic N) is 1. The van der Waals surface area contributed by atoms with Gasteiger partial charge in [0.2, 0.25) is 41.4 Å². The van der Waals surface area contributed by atoms with Gasteiger partial charge in [-0.05, 0) is 26.7 Å². The molecule has 0 radical (unpaired) electrons. The fourth-order valence-corrected chi connectivity index (χ4v) is 4.32. The zero-order valence-corrected chi connectivity index (χ0v) is 28.7. The Hall–Kier alpha value is -5.72. The van der Waals surface area contributed by atoms with Gasteiger partial charge in [0.25, 0.3) is 0 Å². The highest BCUT2D eigenvalue weighted by Crippen LogP contribution is 2.07. The van der Waals surface area contributed by atoms with Gasteiger partial charge in [-0.2, -0.15) is 0 Å². The number of nitrogens with one attached hydrogen (secondary N) is 7. The molecule has 0 aliphatic heterocycles. The standard InChI is InChI=1S/C29H46N10O14/c1-12(41)22(31)27(50)33-9-20(44)35-18(10-40)26(49)39-23(13(2)42)28(51)36-15(4-6-21(45)46)24(47)38-17(7-14-8-32-11-34-14)25(48)37-16(29(52)53)3-5-19(30)43/h8,11-13,15-18,22-23,40-42H,3-7,9-10,31H2,1-2H3,(H2,30,43)(H,32,34)(H,33,50)(H,35,44)(H,36,51)(H,37,48)(H,38,47)(H,39,49)(H,45,46)(H,52,53)/t12-,13-,15+,16+,17+,18+,22+,23+/m1/s1. The third-order valence-corrected chi connectivity index (χ3v) is 7.33. The molecule has 0 aromatic carbocycles. The summed E-state index contributed by atoms with van der Waals surface area (Å²) in [6, 6.07) is -9.86. The van der Waals surface area contributed by atoms with E-state index in [4.69, 9.17) is 11.5 Å². The zero-order chi connectivity index (χ0) is 40.4. The number of nitrogens with two attached hydrogens (primary N) is 2. The number of aromatic nitrogens is 2. The predicted molar refractivity (Wildman–Crippen MR) is 176 cm³/mol. The quantitative estimate of drug-likeness (QED) is 0.0466. The number of hydrogen-bond donors (Lipinski definition) is 14. The lowest BCUT2D eigenvalue weighted by Crippen LogP contribution is -2.61. The maximum Gasteiger partial charge on any atom is 0.326 e. The van der Waals surface area contributed by atoms with E-state index in [-0.39, 0.29) is 18.5 Å². The Morgan fingerprint density at radius 1 is 0.755 bits per heavy atom. The van der Waals surface area contributed by atoms with E-state index in [9.17, 15) is 68.7 Å². The van der Waals surface area contributed by atoms with Crippen LogP contribution in [-0.4, -0.2) is 150 Å². The fourth-order valence-electron chi connectivity index (χ4n) is 4.32. The van der Waals surface area contributed by atoms with Crippen LogP contribution in [-0.2, 0) is 49.6 Å². The summed E-state index contributed by atoms with van der Waals surface area (Å²) in [5.74, 6) is -10.3. The topological polar surface area (TPSA) is 408 Å². The number of amides is 7. The molecule has 0 bridgehead atoms. The van der Waals surface area contributed by atoms with Crippen LogP contribution < -0.4 is 43.4 Å². The van der Waals surface area contributed by atoms with Gasteiger partial charge in [-0.1, -0.05) is 0 Å². The van der Waals surface area contributed by atoms with Crippen LogP contribution in [0.25, 0.3) is 0 Å². The van der Waals surface area contributed by atoms with Crippen molar-refractivity contribution in [1.82, 2.24) is 41.9 Å². The highest BCUT2D eigenvalue weighted by Gasteiger charge is 2.34.